The summed E-state index contributed by atoms with van der Waals surface area (Å²) in [5.74, 6) is -0.767. The number of halogens is 1. The van der Waals surface area contributed by atoms with E-state index >= 15 is 0 Å². The summed E-state index contributed by atoms with van der Waals surface area (Å²) in [4.78, 5) is 25.3. The van der Waals surface area contributed by atoms with Crippen LogP contribution in [0.1, 0.15) is 17.0 Å². The van der Waals surface area contributed by atoms with Gasteiger partial charge in [-0.3, -0.25) is 9.59 Å². The maximum Gasteiger partial charge on any atom is 0.295 e. The molecule has 1 amide bonds. The van der Waals surface area contributed by atoms with Gasteiger partial charge in [-0.15, -0.1) is 0 Å². The SMILES string of the molecule is Cc1nn(CC(=O)NCc2cccc(F)c2)c(=O)c2nn(-c3ccccc3)c(C)c12. The molecule has 0 aliphatic carbocycles. The molecule has 0 fully saturated rings. The Morgan fingerprint density at radius 1 is 1.07 bits per heavy atom. The Morgan fingerprint density at radius 2 is 1.83 bits per heavy atom. The molecule has 0 aliphatic rings. The second-order valence-corrected chi connectivity index (χ2v) is 7.01. The predicted molar refractivity (Wildman–Crippen MR) is 111 cm³/mol. The number of para-hydroxylation sites is 1. The van der Waals surface area contributed by atoms with Crippen molar-refractivity contribution >= 4 is 16.8 Å². The number of hydrogen-bond acceptors (Lipinski definition) is 4. The molecule has 7 nitrogen and oxygen atoms in total. The molecule has 0 saturated heterocycles. The lowest BCUT2D eigenvalue weighted by Crippen LogP contribution is -2.34. The van der Waals surface area contributed by atoms with Gasteiger partial charge in [0.15, 0.2) is 5.52 Å². The highest BCUT2D eigenvalue weighted by atomic mass is 19.1. The van der Waals surface area contributed by atoms with Gasteiger partial charge in [0.1, 0.15) is 12.4 Å². The fourth-order valence-electron chi connectivity index (χ4n) is 3.45. The number of nitrogens with zero attached hydrogens (tertiary/aromatic N) is 4. The van der Waals surface area contributed by atoms with Crippen molar-refractivity contribution < 1.29 is 9.18 Å². The first-order valence-corrected chi connectivity index (χ1v) is 9.47. The second kappa shape index (κ2) is 7.90. The molecule has 30 heavy (non-hydrogen) atoms. The summed E-state index contributed by atoms with van der Waals surface area (Å²) in [6.45, 7) is 3.58. The fourth-order valence-corrected chi connectivity index (χ4v) is 3.45. The first-order valence-electron chi connectivity index (χ1n) is 9.47. The average Bonchev–Trinajstić information content (AvgIpc) is 3.09. The van der Waals surface area contributed by atoms with Crippen molar-refractivity contribution in [2.45, 2.75) is 26.9 Å². The maximum atomic E-state index is 13.3. The third kappa shape index (κ3) is 3.71. The van der Waals surface area contributed by atoms with Gasteiger partial charge in [-0.1, -0.05) is 30.3 Å². The lowest BCUT2D eigenvalue weighted by Gasteiger charge is -2.08. The van der Waals surface area contributed by atoms with Crippen LogP contribution in [0.3, 0.4) is 0 Å². The molecule has 152 valence electrons. The lowest BCUT2D eigenvalue weighted by molar-refractivity contribution is -0.122. The number of aromatic nitrogens is 4. The van der Waals surface area contributed by atoms with Gasteiger partial charge < -0.3 is 5.32 Å². The zero-order valence-electron chi connectivity index (χ0n) is 16.6. The summed E-state index contributed by atoms with van der Waals surface area (Å²) in [5, 5.41) is 12.2. The lowest BCUT2D eigenvalue weighted by atomic mass is 10.2. The highest BCUT2D eigenvalue weighted by Gasteiger charge is 2.18. The summed E-state index contributed by atoms with van der Waals surface area (Å²) in [7, 11) is 0. The van der Waals surface area contributed by atoms with Crippen LogP contribution in [0.25, 0.3) is 16.6 Å². The summed E-state index contributed by atoms with van der Waals surface area (Å²) in [6.07, 6.45) is 0. The topological polar surface area (TPSA) is 81.8 Å². The Bertz CT molecular complexity index is 1290. The van der Waals surface area contributed by atoms with Gasteiger partial charge in [0.2, 0.25) is 5.91 Å². The molecule has 8 heteroatoms. The molecule has 4 aromatic rings. The number of aryl methyl sites for hydroxylation is 2. The van der Waals surface area contributed by atoms with Crippen molar-refractivity contribution in [1.29, 1.82) is 0 Å². The molecule has 0 spiro atoms. The number of benzene rings is 2. The quantitative estimate of drug-likeness (QED) is 0.554. The predicted octanol–water partition coefficient (Wildman–Crippen LogP) is 2.65. The minimum atomic E-state index is -0.436. The molecule has 0 radical (unpaired) electrons. The molecule has 1 N–H and O–H groups in total. The maximum absolute atomic E-state index is 13.3. The van der Waals surface area contributed by atoms with E-state index in [0.717, 1.165) is 16.1 Å². The van der Waals surface area contributed by atoms with E-state index in [0.29, 0.717) is 16.6 Å². The Kier molecular flexibility index (Phi) is 5.14. The van der Waals surface area contributed by atoms with Crippen molar-refractivity contribution in [3.05, 3.63) is 87.7 Å². The summed E-state index contributed by atoms with van der Waals surface area (Å²) in [5.41, 5.74) is 2.72. The Balaban J connectivity index is 1.61. The molecule has 0 saturated carbocycles. The summed E-state index contributed by atoms with van der Waals surface area (Å²) < 4.78 is 16.1. The molecule has 2 aromatic heterocycles. The van der Waals surface area contributed by atoms with Crippen molar-refractivity contribution in [2.24, 2.45) is 0 Å². The van der Waals surface area contributed by atoms with Crippen LogP contribution in [0.5, 0.6) is 0 Å². The molecular weight excluding hydrogens is 385 g/mol. The fraction of sp³-hybridized carbons (Fsp3) is 0.182. The van der Waals surface area contributed by atoms with Crippen LogP contribution >= 0.6 is 0 Å². The van der Waals surface area contributed by atoms with E-state index in [9.17, 15) is 14.0 Å². The van der Waals surface area contributed by atoms with Crippen LogP contribution in [-0.4, -0.2) is 25.5 Å². The van der Waals surface area contributed by atoms with E-state index in [1.807, 2.05) is 37.3 Å². The smallest absolute Gasteiger partial charge is 0.295 e. The minimum absolute atomic E-state index is 0.161. The number of hydrogen-bond donors (Lipinski definition) is 1. The number of amides is 1. The van der Waals surface area contributed by atoms with Crippen LogP contribution in [0, 0.1) is 19.7 Å². The van der Waals surface area contributed by atoms with Gasteiger partial charge in [0, 0.05) is 6.54 Å². The molecular formula is C22H20FN5O2. The minimum Gasteiger partial charge on any atom is -0.350 e. The molecule has 0 aliphatic heterocycles. The number of carbonyl (C=O) groups excluding carboxylic acids is 1. The van der Waals surface area contributed by atoms with E-state index in [1.165, 1.54) is 12.1 Å². The van der Waals surface area contributed by atoms with E-state index in [1.54, 1.807) is 23.7 Å². The highest BCUT2D eigenvalue weighted by Crippen LogP contribution is 2.20. The first kappa shape index (κ1) is 19.5. The third-order valence-electron chi connectivity index (χ3n) is 4.86. The highest BCUT2D eigenvalue weighted by molar-refractivity contribution is 5.83. The van der Waals surface area contributed by atoms with Crippen molar-refractivity contribution in [1.82, 2.24) is 24.9 Å². The standard InChI is InChI=1S/C22H20FN5O2/c1-14-20-15(2)28(18-9-4-3-5-10-18)26-21(20)22(30)27(25-14)13-19(29)24-12-16-7-6-8-17(23)11-16/h3-11H,12-13H2,1-2H3,(H,24,29). The van der Waals surface area contributed by atoms with Crippen LogP contribution in [0.4, 0.5) is 4.39 Å². The number of fused-ring (bicyclic) bond motifs is 1. The molecule has 2 heterocycles. The molecule has 0 unspecified atom stereocenters. The monoisotopic (exact) mass is 405 g/mol. The van der Waals surface area contributed by atoms with Gasteiger partial charge in [-0.25, -0.2) is 13.8 Å². The number of rotatable bonds is 5. The van der Waals surface area contributed by atoms with E-state index in [-0.39, 0.29) is 24.4 Å². The van der Waals surface area contributed by atoms with Gasteiger partial charge in [-0.2, -0.15) is 10.2 Å². The molecule has 0 atom stereocenters. The van der Waals surface area contributed by atoms with E-state index < -0.39 is 11.5 Å². The van der Waals surface area contributed by atoms with E-state index in [4.69, 9.17) is 0 Å². The second-order valence-electron chi connectivity index (χ2n) is 7.01. The van der Waals surface area contributed by atoms with Crippen molar-refractivity contribution in [2.75, 3.05) is 0 Å². The summed E-state index contributed by atoms with van der Waals surface area (Å²) in [6, 6.07) is 15.5. The average molecular weight is 405 g/mol. The van der Waals surface area contributed by atoms with E-state index in [2.05, 4.69) is 15.5 Å². The number of carbonyl (C=O) groups is 1. The normalized spacial score (nSPS) is 11.0. The van der Waals surface area contributed by atoms with Gasteiger partial charge in [-0.05, 0) is 43.7 Å². The number of nitrogens with one attached hydrogen (secondary N) is 1. The van der Waals surface area contributed by atoms with Crippen molar-refractivity contribution in [3.8, 4) is 5.69 Å². The third-order valence-corrected chi connectivity index (χ3v) is 4.86. The van der Waals surface area contributed by atoms with Gasteiger partial charge in [0.25, 0.3) is 5.56 Å². The summed E-state index contributed by atoms with van der Waals surface area (Å²) >= 11 is 0. The van der Waals surface area contributed by atoms with Gasteiger partial charge >= 0.3 is 0 Å². The molecule has 4 rings (SSSR count). The van der Waals surface area contributed by atoms with Crippen LogP contribution in [0.2, 0.25) is 0 Å². The van der Waals surface area contributed by atoms with Crippen molar-refractivity contribution in [3.63, 3.8) is 0 Å². The van der Waals surface area contributed by atoms with Crippen LogP contribution in [-0.2, 0) is 17.9 Å². The van der Waals surface area contributed by atoms with Crippen LogP contribution in [0.15, 0.2) is 59.4 Å². The zero-order chi connectivity index (χ0) is 21.3. The zero-order valence-corrected chi connectivity index (χ0v) is 16.6. The van der Waals surface area contributed by atoms with Gasteiger partial charge in [0.05, 0.1) is 22.5 Å². The Hall–Kier alpha value is -3.81. The molecule has 2 aromatic carbocycles. The first-order chi connectivity index (χ1) is 14.4. The Morgan fingerprint density at radius 3 is 2.57 bits per heavy atom. The molecule has 0 bridgehead atoms. The largest absolute Gasteiger partial charge is 0.350 e. The Labute approximate surface area is 171 Å². The van der Waals surface area contributed by atoms with Crippen LogP contribution < -0.4 is 10.9 Å².